The van der Waals surface area contributed by atoms with Crippen molar-refractivity contribution in [3.05, 3.63) is 40.4 Å². The van der Waals surface area contributed by atoms with Gasteiger partial charge in [-0.25, -0.2) is 0 Å². The second-order valence-corrected chi connectivity index (χ2v) is 4.92. The van der Waals surface area contributed by atoms with E-state index < -0.39 is 11.9 Å². The van der Waals surface area contributed by atoms with Crippen molar-refractivity contribution in [1.29, 1.82) is 0 Å². The Kier molecular flexibility index (Phi) is 3.57. The summed E-state index contributed by atoms with van der Waals surface area (Å²) in [4.78, 5) is 11.0. The molecule has 0 saturated heterocycles. The summed E-state index contributed by atoms with van der Waals surface area (Å²) in [7, 11) is 1.62. The molecule has 2 rings (SSSR count). The smallest absolute Gasteiger partial charge is 0.310 e. The highest BCUT2D eigenvalue weighted by atomic mass is 79.9. The second kappa shape index (κ2) is 4.98. The number of methoxy groups -OCH3 is 1. The zero-order chi connectivity index (χ0) is 13.3. The number of ether oxygens (including phenoxy) is 1. The molecule has 2 aromatic rings. The first-order chi connectivity index (χ1) is 8.54. The molecule has 0 bridgehead atoms. The van der Waals surface area contributed by atoms with Gasteiger partial charge in [-0.2, -0.15) is 0 Å². The summed E-state index contributed by atoms with van der Waals surface area (Å²) in [5.41, 5.74) is 0.798. The first-order valence-electron chi connectivity index (χ1n) is 5.53. The van der Waals surface area contributed by atoms with E-state index in [-0.39, 0.29) is 0 Å². The van der Waals surface area contributed by atoms with Gasteiger partial charge in [0.25, 0.3) is 0 Å². The predicted molar refractivity (Wildman–Crippen MR) is 74.3 cm³/mol. The highest BCUT2D eigenvalue weighted by molar-refractivity contribution is 9.10. The number of fused-ring (bicyclic) bond motifs is 1. The summed E-state index contributed by atoms with van der Waals surface area (Å²) in [6.07, 6.45) is 0. The van der Waals surface area contributed by atoms with E-state index in [1.165, 1.54) is 0 Å². The first kappa shape index (κ1) is 12.9. The number of carbonyl (C=O) groups is 1. The van der Waals surface area contributed by atoms with E-state index in [1.54, 1.807) is 14.0 Å². The maximum atomic E-state index is 11.0. The zero-order valence-electron chi connectivity index (χ0n) is 10.1. The molecule has 0 aliphatic rings. The molecule has 0 aliphatic heterocycles. The molecule has 4 heteroatoms. The quantitative estimate of drug-likeness (QED) is 0.938. The minimum atomic E-state index is -0.818. The van der Waals surface area contributed by atoms with Crippen LogP contribution in [0, 0.1) is 0 Å². The van der Waals surface area contributed by atoms with Crippen molar-refractivity contribution in [1.82, 2.24) is 0 Å². The Hall–Kier alpha value is -1.55. The zero-order valence-corrected chi connectivity index (χ0v) is 11.7. The van der Waals surface area contributed by atoms with Crippen molar-refractivity contribution in [3.63, 3.8) is 0 Å². The minimum Gasteiger partial charge on any atom is -0.496 e. The van der Waals surface area contributed by atoms with E-state index in [9.17, 15) is 4.79 Å². The molecule has 0 aliphatic carbocycles. The number of carboxylic acids is 1. The number of hydrogen-bond donors (Lipinski definition) is 1. The summed E-state index contributed by atoms with van der Waals surface area (Å²) >= 11 is 3.49. The van der Waals surface area contributed by atoms with E-state index in [4.69, 9.17) is 9.84 Å². The van der Waals surface area contributed by atoms with Crippen LogP contribution in [0.3, 0.4) is 0 Å². The third-order valence-corrected chi connectivity index (χ3v) is 3.85. The summed E-state index contributed by atoms with van der Waals surface area (Å²) in [5.74, 6) is -0.557. The first-order valence-corrected chi connectivity index (χ1v) is 6.33. The average molecular weight is 309 g/mol. The Labute approximate surface area is 114 Å². The predicted octanol–water partition coefficient (Wildman–Crippen LogP) is 3.80. The van der Waals surface area contributed by atoms with Crippen molar-refractivity contribution >= 4 is 32.7 Å². The molecule has 18 heavy (non-hydrogen) atoms. The number of benzene rings is 2. The highest BCUT2D eigenvalue weighted by Gasteiger charge is 2.14. The third kappa shape index (κ3) is 2.20. The van der Waals surface area contributed by atoms with Crippen LogP contribution < -0.4 is 4.74 Å². The lowest BCUT2D eigenvalue weighted by atomic mass is 9.98. The van der Waals surface area contributed by atoms with Gasteiger partial charge in [-0.1, -0.05) is 24.3 Å². The maximum absolute atomic E-state index is 11.0. The van der Waals surface area contributed by atoms with Crippen LogP contribution >= 0.6 is 15.9 Å². The second-order valence-electron chi connectivity index (χ2n) is 4.12. The van der Waals surface area contributed by atoms with Gasteiger partial charge in [0.15, 0.2) is 0 Å². The fourth-order valence-electron chi connectivity index (χ4n) is 1.86. The molecule has 94 valence electrons. The van der Waals surface area contributed by atoms with Crippen LogP contribution in [0.25, 0.3) is 10.8 Å². The largest absolute Gasteiger partial charge is 0.496 e. The van der Waals surface area contributed by atoms with Crippen molar-refractivity contribution < 1.29 is 14.6 Å². The number of hydrogen-bond acceptors (Lipinski definition) is 2. The molecule has 0 saturated carbocycles. The SMILES string of the molecule is COc1ccc2cc(C(C)C(=O)O)ccc2c1Br. The topological polar surface area (TPSA) is 46.5 Å². The number of carboxylic acid groups (broad SMARTS) is 1. The van der Waals surface area contributed by atoms with Crippen molar-refractivity contribution in [2.24, 2.45) is 0 Å². The Morgan fingerprint density at radius 2 is 2.06 bits per heavy atom. The van der Waals surface area contributed by atoms with Gasteiger partial charge in [-0.05, 0) is 45.3 Å². The van der Waals surface area contributed by atoms with Crippen LogP contribution in [0.1, 0.15) is 18.4 Å². The molecule has 1 N–H and O–H groups in total. The minimum absolute atomic E-state index is 0.504. The van der Waals surface area contributed by atoms with Crippen LogP contribution in [0.2, 0.25) is 0 Å². The van der Waals surface area contributed by atoms with Crippen LogP contribution in [-0.4, -0.2) is 18.2 Å². The van der Waals surface area contributed by atoms with Gasteiger partial charge in [-0.3, -0.25) is 4.79 Å². The Bertz CT molecular complexity index is 607. The van der Waals surface area contributed by atoms with E-state index in [0.29, 0.717) is 0 Å². The van der Waals surface area contributed by atoms with Crippen LogP contribution in [0.5, 0.6) is 5.75 Å². The molecule has 0 fully saturated rings. The molecular formula is C14H13BrO3. The monoisotopic (exact) mass is 308 g/mol. The van der Waals surface area contributed by atoms with Gasteiger partial charge < -0.3 is 9.84 Å². The van der Waals surface area contributed by atoms with Gasteiger partial charge in [0, 0.05) is 0 Å². The van der Waals surface area contributed by atoms with Crippen molar-refractivity contribution in [3.8, 4) is 5.75 Å². The third-order valence-electron chi connectivity index (χ3n) is 3.03. The molecule has 2 aromatic carbocycles. The molecule has 0 heterocycles. The highest BCUT2D eigenvalue weighted by Crippen LogP contribution is 2.34. The fourth-order valence-corrected chi connectivity index (χ4v) is 2.52. The van der Waals surface area contributed by atoms with Crippen LogP contribution in [-0.2, 0) is 4.79 Å². The Balaban J connectivity index is 2.57. The van der Waals surface area contributed by atoms with Gasteiger partial charge in [0.05, 0.1) is 17.5 Å². The van der Waals surface area contributed by atoms with E-state index >= 15 is 0 Å². The molecular weight excluding hydrogens is 296 g/mol. The maximum Gasteiger partial charge on any atom is 0.310 e. The molecule has 0 spiro atoms. The molecule has 3 nitrogen and oxygen atoms in total. The normalized spacial score (nSPS) is 12.4. The fraction of sp³-hybridized carbons (Fsp3) is 0.214. The van der Waals surface area contributed by atoms with Crippen LogP contribution in [0.4, 0.5) is 0 Å². The molecule has 0 radical (unpaired) electrons. The van der Waals surface area contributed by atoms with E-state index in [1.807, 2.05) is 30.3 Å². The summed E-state index contributed by atoms with van der Waals surface area (Å²) in [5, 5.41) is 11.0. The van der Waals surface area contributed by atoms with Crippen molar-refractivity contribution in [2.75, 3.05) is 7.11 Å². The summed E-state index contributed by atoms with van der Waals surface area (Å²) in [6.45, 7) is 1.68. The summed E-state index contributed by atoms with van der Waals surface area (Å²) in [6, 6.07) is 9.44. The summed E-state index contributed by atoms with van der Waals surface area (Å²) < 4.78 is 6.11. The Morgan fingerprint density at radius 3 is 2.67 bits per heavy atom. The lowest BCUT2D eigenvalue weighted by molar-refractivity contribution is -0.138. The lowest BCUT2D eigenvalue weighted by Gasteiger charge is -2.10. The lowest BCUT2D eigenvalue weighted by Crippen LogP contribution is -2.07. The van der Waals surface area contributed by atoms with E-state index in [2.05, 4.69) is 15.9 Å². The average Bonchev–Trinajstić information content (AvgIpc) is 2.37. The molecule has 0 amide bonds. The standard InChI is InChI=1S/C14H13BrO3/c1-8(14(16)17)9-3-5-11-10(7-9)4-6-12(18-2)13(11)15/h3-8H,1-2H3,(H,16,17). The number of rotatable bonds is 3. The van der Waals surface area contributed by atoms with E-state index in [0.717, 1.165) is 26.6 Å². The Morgan fingerprint density at radius 1 is 1.33 bits per heavy atom. The molecule has 1 atom stereocenters. The van der Waals surface area contributed by atoms with Gasteiger partial charge in [-0.15, -0.1) is 0 Å². The molecule has 1 unspecified atom stereocenters. The van der Waals surface area contributed by atoms with Crippen LogP contribution in [0.15, 0.2) is 34.8 Å². The van der Waals surface area contributed by atoms with Gasteiger partial charge in [0.1, 0.15) is 5.75 Å². The number of aliphatic carboxylic acids is 1. The molecule has 0 aromatic heterocycles. The number of halogens is 1. The van der Waals surface area contributed by atoms with Gasteiger partial charge in [0.2, 0.25) is 0 Å². The van der Waals surface area contributed by atoms with Gasteiger partial charge >= 0.3 is 5.97 Å². The van der Waals surface area contributed by atoms with Crippen molar-refractivity contribution in [2.45, 2.75) is 12.8 Å².